The van der Waals surface area contributed by atoms with Crippen LogP contribution in [-0.4, -0.2) is 22.4 Å². The number of rotatable bonds is 4. The van der Waals surface area contributed by atoms with Gasteiger partial charge in [-0.2, -0.15) is 0 Å². The van der Waals surface area contributed by atoms with Crippen LogP contribution in [0.15, 0.2) is 24.3 Å². The third kappa shape index (κ3) is 2.84. The van der Waals surface area contributed by atoms with Crippen LogP contribution in [0, 0.1) is 6.92 Å². The second kappa shape index (κ2) is 5.26. The molecule has 0 bridgehead atoms. The summed E-state index contributed by atoms with van der Waals surface area (Å²) in [6, 6.07) is 6.98. The molecule has 2 atom stereocenters. The normalized spacial score (nSPS) is 17.5. The molecule has 6 heteroatoms. The highest BCUT2D eigenvalue weighted by Crippen LogP contribution is 2.43. The van der Waals surface area contributed by atoms with Crippen LogP contribution in [0.1, 0.15) is 24.2 Å². The van der Waals surface area contributed by atoms with Gasteiger partial charge in [0, 0.05) is 0 Å². The van der Waals surface area contributed by atoms with E-state index in [9.17, 15) is 13.5 Å². The van der Waals surface area contributed by atoms with Crippen LogP contribution < -0.4 is 0 Å². The predicted molar refractivity (Wildman–Crippen MR) is 73.1 cm³/mol. The maximum absolute atomic E-state index is 11.8. The molecular formula is C11H14BrClO3S. The Labute approximate surface area is 115 Å². The zero-order valence-corrected chi connectivity index (χ0v) is 12.7. The lowest BCUT2D eigenvalue weighted by atomic mass is 10.0. The smallest absolute Gasteiger partial charge is 0.229 e. The number of hydrogen-bond acceptors (Lipinski definition) is 3. The molecule has 0 aliphatic heterocycles. The van der Waals surface area contributed by atoms with Crippen molar-refractivity contribution in [3.63, 3.8) is 0 Å². The Hall–Kier alpha value is -0.100. The monoisotopic (exact) mass is 340 g/mol. The molecule has 1 aromatic rings. The van der Waals surface area contributed by atoms with E-state index in [1.165, 1.54) is 6.92 Å². The molecular weight excluding hydrogens is 328 g/mol. The first-order valence-corrected chi connectivity index (χ1v) is 7.90. The first kappa shape index (κ1) is 15.0. The minimum Gasteiger partial charge on any atom is -0.385 e. The highest BCUT2D eigenvalue weighted by Gasteiger charge is 2.46. The largest absolute Gasteiger partial charge is 0.385 e. The molecule has 0 aliphatic rings. The van der Waals surface area contributed by atoms with Crippen LogP contribution in [0.2, 0.25) is 0 Å². The Morgan fingerprint density at radius 2 is 2.00 bits per heavy atom. The second-order valence-electron chi connectivity index (χ2n) is 3.72. The topological polar surface area (TPSA) is 54.4 Å². The number of hydrogen-bond donors (Lipinski definition) is 1. The number of benzene rings is 1. The summed E-state index contributed by atoms with van der Waals surface area (Å²) in [5.41, 5.74) is 1.28. The van der Waals surface area contributed by atoms with Crippen molar-refractivity contribution in [3.8, 4) is 0 Å². The zero-order chi connectivity index (χ0) is 13.3. The number of aryl methyl sites for hydroxylation is 1. The molecule has 17 heavy (non-hydrogen) atoms. The Balaban J connectivity index is 3.23. The predicted octanol–water partition coefficient (Wildman–Crippen LogP) is 2.75. The van der Waals surface area contributed by atoms with Gasteiger partial charge in [-0.25, -0.2) is 8.42 Å². The lowest BCUT2D eigenvalue weighted by Gasteiger charge is -2.26. The quantitative estimate of drug-likeness (QED) is 0.857. The van der Waals surface area contributed by atoms with Gasteiger partial charge in [-0.05, 0) is 34.0 Å². The SMILES string of the molecule is CCS(=O)(=O)[C@](Cl)(Br)[C@@H](O)c1ccccc1C. The molecule has 0 spiro atoms. The molecule has 1 N–H and O–H groups in total. The number of sulfone groups is 1. The molecule has 0 unspecified atom stereocenters. The summed E-state index contributed by atoms with van der Waals surface area (Å²) >= 11 is 8.89. The van der Waals surface area contributed by atoms with Crippen molar-refractivity contribution in [2.24, 2.45) is 0 Å². The van der Waals surface area contributed by atoms with Gasteiger partial charge in [0.1, 0.15) is 6.10 Å². The van der Waals surface area contributed by atoms with Gasteiger partial charge in [0.05, 0.1) is 5.75 Å². The fourth-order valence-corrected chi connectivity index (χ4v) is 3.67. The zero-order valence-electron chi connectivity index (χ0n) is 9.52. The molecule has 0 heterocycles. The molecule has 0 saturated heterocycles. The lowest BCUT2D eigenvalue weighted by molar-refractivity contribution is 0.184. The Bertz CT molecular complexity index is 499. The van der Waals surface area contributed by atoms with Crippen LogP contribution in [0.25, 0.3) is 0 Å². The highest BCUT2D eigenvalue weighted by molar-refractivity contribution is 9.12. The van der Waals surface area contributed by atoms with Crippen molar-refractivity contribution in [2.75, 3.05) is 5.75 Å². The van der Waals surface area contributed by atoms with E-state index in [0.29, 0.717) is 5.56 Å². The van der Waals surface area contributed by atoms with Crippen molar-refractivity contribution in [3.05, 3.63) is 35.4 Å². The van der Waals surface area contributed by atoms with Gasteiger partial charge >= 0.3 is 0 Å². The summed E-state index contributed by atoms with van der Waals surface area (Å²) in [6.07, 6.45) is -1.32. The molecule has 0 aliphatic carbocycles. The van der Waals surface area contributed by atoms with Crippen molar-refractivity contribution in [2.45, 2.75) is 23.1 Å². The first-order chi connectivity index (χ1) is 7.74. The Morgan fingerprint density at radius 1 is 1.47 bits per heavy atom. The molecule has 0 fully saturated rings. The van der Waals surface area contributed by atoms with Crippen molar-refractivity contribution in [1.82, 2.24) is 0 Å². The van der Waals surface area contributed by atoms with Crippen LogP contribution in [0.3, 0.4) is 0 Å². The molecule has 1 rings (SSSR count). The molecule has 0 radical (unpaired) electrons. The molecule has 0 amide bonds. The number of halogens is 2. The minimum atomic E-state index is -3.63. The van der Waals surface area contributed by atoms with Gasteiger partial charge in [0.25, 0.3) is 0 Å². The lowest BCUT2D eigenvalue weighted by Crippen LogP contribution is -2.34. The maximum Gasteiger partial charge on any atom is 0.229 e. The van der Waals surface area contributed by atoms with Crippen LogP contribution in [0.4, 0.5) is 0 Å². The van der Waals surface area contributed by atoms with Gasteiger partial charge < -0.3 is 5.11 Å². The van der Waals surface area contributed by atoms with Crippen LogP contribution in [0.5, 0.6) is 0 Å². The Kier molecular flexibility index (Phi) is 4.63. The van der Waals surface area contributed by atoms with Gasteiger partial charge in [0.15, 0.2) is 9.84 Å². The maximum atomic E-state index is 11.8. The van der Waals surface area contributed by atoms with E-state index in [0.717, 1.165) is 5.56 Å². The summed E-state index contributed by atoms with van der Waals surface area (Å²) in [6.45, 7) is 3.27. The van der Waals surface area contributed by atoms with Crippen LogP contribution >= 0.6 is 27.5 Å². The summed E-state index contributed by atoms with van der Waals surface area (Å²) < 4.78 is 21.7. The summed E-state index contributed by atoms with van der Waals surface area (Å²) in [5.74, 6) is -0.148. The third-order valence-electron chi connectivity index (χ3n) is 2.60. The van der Waals surface area contributed by atoms with Gasteiger partial charge in [-0.3, -0.25) is 0 Å². The number of aliphatic hydroxyl groups excluding tert-OH is 1. The van der Waals surface area contributed by atoms with E-state index >= 15 is 0 Å². The number of aliphatic hydroxyl groups is 1. The fraction of sp³-hybridized carbons (Fsp3) is 0.455. The Morgan fingerprint density at radius 3 is 2.47 bits per heavy atom. The van der Waals surface area contributed by atoms with Gasteiger partial charge in [0.2, 0.25) is 3.12 Å². The van der Waals surface area contributed by atoms with Crippen molar-refractivity contribution in [1.29, 1.82) is 0 Å². The number of alkyl halides is 2. The molecule has 0 saturated carbocycles. The summed E-state index contributed by atoms with van der Waals surface area (Å²) in [4.78, 5) is 0. The standard InChI is InChI=1S/C11H14BrClO3S/c1-3-17(15,16)11(12,13)10(14)9-7-5-4-6-8(9)2/h4-7,10,14H,3H2,1-2H3/t10-,11-/m0/s1. The molecule has 3 nitrogen and oxygen atoms in total. The van der Waals surface area contributed by atoms with E-state index in [2.05, 4.69) is 15.9 Å². The second-order valence-corrected chi connectivity index (χ2v) is 9.23. The molecule has 1 aromatic carbocycles. The average molecular weight is 342 g/mol. The van der Waals surface area contributed by atoms with Crippen LogP contribution in [-0.2, 0) is 9.84 Å². The summed E-state index contributed by atoms with van der Waals surface area (Å²) in [7, 11) is -3.63. The van der Waals surface area contributed by atoms with Crippen molar-refractivity contribution < 1.29 is 13.5 Å². The minimum absolute atomic E-state index is 0.148. The fourth-order valence-electron chi connectivity index (χ4n) is 1.44. The summed E-state index contributed by atoms with van der Waals surface area (Å²) in [5, 5.41) is 10.1. The van der Waals surface area contributed by atoms with Gasteiger partial charge in [-0.15, -0.1) is 0 Å². The first-order valence-electron chi connectivity index (χ1n) is 5.07. The van der Waals surface area contributed by atoms with E-state index in [4.69, 9.17) is 11.6 Å². The van der Waals surface area contributed by atoms with E-state index in [1.807, 2.05) is 6.07 Å². The van der Waals surface area contributed by atoms with Crippen molar-refractivity contribution >= 4 is 37.4 Å². The van der Waals surface area contributed by atoms with Gasteiger partial charge in [-0.1, -0.05) is 42.8 Å². The molecule has 0 aromatic heterocycles. The third-order valence-corrected chi connectivity index (χ3v) is 7.23. The average Bonchev–Trinajstić information content (AvgIpc) is 2.28. The van der Waals surface area contributed by atoms with E-state index in [1.54, 1.807) is 25.1 Å². The molecule has 96 valence electrons. The van der Waals surface area contributed by atoms with E-state index < -0.39 is 19.1 Å². The van der Waals surface area contributed by atoms with E-state index in [-0.39, 0.29) is 5.75 Å². The highest BCUT2D eigenvalue weighted by atomic mass is 79.9.